The van der Waals surface area contributed by atoms with Crippen molar-refractivity contribution in [1.29, 1.82) is 0 Å². The molecule has 0 fully saturated rings. The van der Waals surface area contributed by atoms with Crippen LogP contribution in [0.3, 0.4) is 0 Å². The van der Waals surface area contributed by atoms with Gasteiger partial charge in [-0.2, -0.15) is 5.10 Å². The number of hydrogen-bond acceptors (Lipinski definition) is 5. The Bertz CT molecular complexity index is 1140. The van der Waals surface area contributed by atoms with Crippen molar-refractivity contribution >= 4 is 18.6 Å². The summed E-state index contributed by atoms with van der Waals surface area (Å²) in [6, 6.07) is 15.3. The lowest BCUT2D eigenvalue weighted by Crippen LogP contribution is -2.22. The molecule has 9 heteroatoms. The summed E-state index contributed by atoms with van der Waals surface area (Å²) in [5, 5.41) is 5.30. The van der Waals surface area contributed by atoms with Crippen LogP contribution in [-0.2, 0) is 22.1 Å². The molecule has 30 heavy (non-hydrogen) atoms. The molecule has 1 N–H and O–H groups in total. The normalized spacial score (nSPS) is 13.6. The van der Waals surface area contributed by atoms with E-state index in [1.807, 2.05) is 24.4 Å². The van der Waals surface area contributed by atoms with E-state index in [1.165, 1.54) is 13.4 Å². The van der Waals surface area contributed by atoms with Gasteiger partial charge in [-0.15, -0.1) is 0 Å². The summed E-state index contributed by atoms with van der Waals surface area (Å²) in [6.07, 6.45) is 5.91. The van der Waals surface area contributed by atoms with Gasteiger partial charge in [-0.3, -0.25) is 4.52 Å². The highest BCUT2D eigenvalue weighted by atomic mass is 31.2. The largest absolute Gasteiger partial charge is 0.460 e. The van der Waals surface area contributed by atoms with Crippen LogP contribution in [0, 0.1) is 0 Å². The van der Waals surface area contributed by atoms with Crippen LogP contribution in [0.15, 0.2) is 67.4 Å². The molecule has 0 saturated heterocycles. The zero-order chi connectivity index (χ0) is 21.0. The number of fused-ring (bicyclic) bond motifs is 1. The molecule has 0 bridgehead atoms. The highest BCUT2D eigenvalue weighted by molar-refractivity contribution is 7.51. The fourth-order valence-corrected chi connectivity index (χ4v) is 4.52. The van der Waals surface area contributed by atoms with Crippen molar-refractivity contribution in [3.05, 3.63) is 78.5 Å². The predicted molar refractivity (Wildman–Crippen MR) is 115 cm³/mol. The van der Waals surface area contributed by atoms with Gasteiger partial charge in [0.2, 0.25) is 0 Å². The Morgan fingerprint density at radius 1 is 1.20 bits per heavy atom. The molecule has 0 saturated carbocycles. The van der Waals surface area contributed by atoms with Crippen LogP contribution < -0.4 is 4.52 Å². The van der Waals surface area contributed by atoms with Gasteiger partial charge < -0.3 is 9.51 Å². The summed E-state index contributed by atoms with van der Waals surface area (Å²) in [5.74, 6) is 0.513. The lowest BCUT2D eigenvalue weighted by molar-refractivity contribution is 0.260. The Morgan fingerprint density at radius 3 is 2.77 bits per heavy atom. The maximum absolute atomic E-state index is 13.2. The number of aromatic nitrogens is 4. The fourth-order valence-electron chi connectivity index (χ4n) is 3.30. The number of para-hydroxylation sites is 1. The van der Waals surface area contributed by atoms with E-state index in [2.05, 4.69) is 33.3 Å². The molecule has 0 aliphatic heterocycles. The van der Waals surface area contributed by atoms with Gasteiger partial charge in [0.15, 0.2) is 0 Å². The van der Waals surface area contributed by atoms with Crippen LogP contribution >= 0.6 is 7.75 Å². The van der Waals surface area contributed by atoms with Gasteiger partial charge in [0.1, 0.15) is 18.4 Å². The first-order chi connectivity index (χ1) is 14.6. The molecule has 0 spiro atoms. The summed E-state index contributed by atoms with van der Waals surface area (Å²) in [6.45, 7) is 1.17. The molecule has 4 rings (SSSR count). The third-order valence-electron chi connectivity index (χ3n) is 4.96. The van der Waals surface area contributed by atoms with Crippen LogP contribution in [0.25, 0.3) is 10.9 Å². The molecule has 2 heterocycles. The van der Waals surface area contributed by atoms with Crippen molar-refractivity contribution < 1.29 is 13.6 Å². The highest BCUT2D eigenvalue weighted by Crippen LogP contribution is 2.50. The molecule has 0 radical (unpaired) electrons. The van der Waals surface area contributed by atoms with Crippen LogP contribution in [0.2, 0.25) is 0 Å². The monoisotopic (exact) mass is 425 g/mol. The van der Waals surface area contributed by atoms with Crippen molar-refractivity contribution in [3.8, 4) is 5.75 Å². The van der Waals surface area contributed by atoms with E-state index in [4.69, 9.17) is 9.05 Å². The molecule has 2 aromatic carbocycles. The van der Waals surface area contributed by atoms with E-state index < -0.39 is 7.75 Å². The number of hydrogen-bond donors (Lipinski definition) is 1. The number of nitrogens with one attached hydrogen (secondary N) is 1. The van der Waals surface area contributed by atoms with Gasteiger partial charge >= 0.3 is 7.75 Å². The molecule has 8 nitrogen and oxygen atoms in total. The molecular weight excluding hydrogens is 401 g/mol. The third-order valence-corrected chi connectivity index (χ3v) is 6.90. The number of likely N-dealkylation sites (N-methyl/N-ethyl adjacent to an activating group) is 1. The van der Waals surface area contributed by atoms with Crippen molar-refractivity contribution in [1.82, 2.24) is 24.4 Å². The summed E-state index contributed by atoms with van der Waals surface area (Å²) in [4.78, 5) is 7.29. The lowest BCUT2D eigenvalue weighted by atomic mass is 10.1. The number of rotatable bonds is 9. The van der Waals surface area contributed by atoms with Crippen molar-refractivity contribution in [2.24, 2.45) is 0 Å². The van der Waals surface area contributed by atoms with E-state index in [9.17, 15) is 4.57 Å². The average molecular weight is 425 g/mol. The van der Waals surface area contributed by atoms with Crippen LogP contribution in [0.1, 0.15) is 11.1 Å². The first-order valence-corrected chi connectivity index (χ1v) is 11.1. The smallest absolute Gasteiger partial charge is 0.413 e. The Morgan fingerprint density at radius 2 is 2.03 bits per heavy atom. The second-order valence-corrected chi connectivity index (χ2v) is 9.14. The standard InChI is InChI=1S/C21H24N5O3P/c1-25(30(27,28-2)29-19-6-4-3-5-7-19)11-10-18-13-23-21-9-8-17(12-20(18)21)14-26-16-22-15-24-26/h3-9,12-13,15-16,23H,10-11,14H2,1-2H3. The molecular formula is C21H24N5O3P. The van der Waals surface area contributed by atoms with Crippen LogP contribution in [-0.4, -0.2) is 45.1 Å². The zero-order valence-electron chi connectivity index (χ0n) is 16.9. The molecule has 4 aromatic rings. The van der Waals surface area contributed by atoms with Gasteiger partial charge in [-0.1, -0.05) is 24.3 Å². The summed E-state index contributed by atoms with van der Waals surface area (Å²) in [7, 11) is -0.282. The Kier molecular flexibility index (Phi) is 5.99. The van der Waals surface area contributed by atoms with Crippen LogP contribution in [0.4, 0.5) is 0 Å². The predicted octanol–water partition coefficient (Wildman–Crippen LogP) is 4.12. The first kappa shape index (κ1) is 20.3. The minimum Gasteiger partial charge on any atom is -0.413 e. The summed E-state index contributed by atoms with van der Waals surface area (Å²) < 4.78 is 27.5. The van der Waals surface area contributed by atoms with E-state index in [0.29, 0.717) is 25.3 Å². The van der Waals surface area contributed by atoms with Gasteiger partial charge in [-0.25, -0.2) is 18.9 Å². The van der Waals surface area contributed by atoms with E-state index in [1.54, 1.807) is 34.9 Å². The van der Waals surface area contributed by atoms with Gasteiger partial charge in [0, 0.05) is 30.8 Å². The number of aromatic amines is 1. The Hall–Kier alpha value is -2.93. The molecule has 1 atom stereocenters. The first-order valence-electron chi connectivity index (χ1n) is 9.61. The van der Waals surface area contributed by atoms with E-state index in [0.717, 1.165) is 22.0 Å². The Balaban J connectivity index is 1.47. The Labute approximate surface area is 175 Å². The minimum atomic E-state index is -3.44. The highest BCUT2D eigenvalue weighted by Gasteiger charge is 2.31. The number of H-pyrrole nitrogens is 1. The average Bonchev–Trinajstić information content (AvgIpc) is 3.42. The zero-order valence-corrected chi connectivity index (χ0v) is 17.8. The third kappa shape index (κ3) is 4.46. The number of benzene rings is 2. The quantitative estimate of drug-likeness (QED) is 0.406. The topological polar surface area (TPSA) is 85.3 Å². The van der Waals surface area contributed by atoms with Gasteiger partial charge in [-0.05, 0) is 48.9 Å². The van der Waals surface area contributed by atoms with Crippen molar-refractivity contribution in [3.63, 3.8) is 0 Å². The molecule has 0 aliphatic rings. The van der Waals surface area contributed by atoms with Gasteiger partial charge in [0.05, 0.1) is 6.54 Å². The molecule has 0 aliphatic carbocycles. The number of nitrogens with zero attached hydrogens (tertiary/aromatic N) is 4. The van der Waals surface area contributed by atoms with E-state index in [-0.39, 0.29) is 0 Å². The van der Waals surface area contributed by atoms with Crippen molar-refractivity contribution in [2.45, 2.75) is 13.0 Å². The summed E-state index contributed by atoms with van der Waals surface area (Å²) in [5.41, 5.74) is 3.34. The minimum absolute atomic E-state index is 0.512. The van der Waals surface area contributed by atoms with Crippen LogP contribution in [0.5, 0.6) is 5.75 Å². The molecule has 0 amide bonds. The fraction of sp³-hybridized carbons (Fsp3) is 0.238. The maximum atomic E-state index is 13.2. The molecule has 156 valence electrons. The van der Waals surface area contributed by atoms with Crippen molar-refractivity contribution in [2.75, 3.05) is 20.7 Å². The lowest BCUT2D eigenvalue weighted by Gasteiger charge is -2.25. The molecule has 1 unspecified atom stereocenters. The molecule has 2 aromatic heterocycles. The van der Waals surface area contributed by atoms with Gasteiger partial charge in [0.25, 0.3) is 0 Å². The van der Waals surface area contributed by atoms with E-state index >= 15 is 0 Å². The SMILES string of the molecule is COP(=O)(Oc1ccccc1)N(C)CCc1c[nH]c2ccc(Cn3cncn3)cc12. The second kappa shape index (κ2) is 8.83. The summed E-state index contributed by atoms with van der Waals surface area (Å²) >= 11 is 0. The second-order valence-electron chi connectivity index (χ2n) is 6.97. The maximum Gasteiger partial charge on any atom is 0.460 e.